The molecule has 1 aromatic heterocycles. The van der Waals surface area contributed by atoms with Gasteiger partial charge in [0.05, 0.1) is 12.3 Å². The predicted molar refractivity (Wildman–Crippen MR) is 79.3 cm³/mol. The first kappa shape index (κ1) is 15.1. The van der Waals surface area contributed by atoms with Crippen molar-refractivity contribution in [2.45, 2.75) is 45.6 Å². The summed E-state index contributed by atoms with van der Waals surface area (Å²) in [4.78, 5) is 14.5. The van der Waals surface area contributed by atoms with Gasteiger partial charge in [-0.15, -0.1) is 0 Å². The van der Waals surface area contributed by atoms with Crippen LogP contribution in [0, 0.1) is 5.92 Å². The average molecular weight is 278 g/mol. The highest BCUT2D eigenvalue weighted by Crippen LogP contribution is 2.25. The van der Waals surface area contributed by atoms with Gasteiger partial charge in [-0.2, -0.15) is 0 Å². The van der Waals surface area contributed by atoms with Gasteiger partial charge in [-0.05, 0) is 38.1 Å². The van der Waals surface area contributed by atoms with Crippen LogP contribution in [-0.4, -0.2) is 30.4 Å². The topological polar surface area (TPSA) is 45.5 Å². The van der Waals surface area contributed by atoms with Crippen molar-refractivity contribution in [3.05, 3.63) is 24.2 Å². The molecule has 1 aromatic rings. The van der Waals surface area contributed by atoms with Gasteiger partial charge in [0, 0.05) is 12.5 Å². The van der Waals surface area contributed by atoms with Gasteiger partial charge in [0.15, 0.2) is 0 Å². The third-order valence-electron chi connectivity index (χ3n) is 4.32. The Morgan fingerprint density at radius 1 is 1.40 bits per heavy atom. The zero-order valence-corrected chi connectivity index (χ0v) is 12.6. The lowest BCUT2D eigenvalue weighted by Crippen LogP contribution is -2.39. The van der Waals surface area contributed by atoms with Crippen molar-refractivity contribution in [3.8, 4) is 0 Å². The summed E-state index contributed by atoms with van der Waals surface area (Å²) < 4.78 is 5.55. The number of hydrogen-bond acceptors (Lipinski definition) is 3. The first-order chi connectivity index (χ1) is 9.76. The van der Waals surface area contributed by atoms with Crippen molar-refractivity contribution in [3.63, 3.8) is 0 Å². The van der Waals surface area contributed by atoms with Crippen molar-refractivity contribution in [1.29, 1.82) is 0 Å². The largest absolute Gasteiger partial charge is 0.468 e. The van der Waals surface area contributed by atoms with E-state index in [9.17, 15) is 4.79 Å². The van der Waals surface area contributed by atoms with Crippen molar-refractivity contribution in [2.24, 2.45) is 5.92 Å². The van der Waals surface area contributed by atoms with E-state index in [4.69, 9.17) is 4.42 Å². The number of amides is 1. The monoisotopic (exact) mass is 278 g/mol. The molecule has 1 saturated carbocycles. The van der Waals surface area contributed by atoms with Gasteiger partial charge < -0.3 is 9.73 Å². The fourth-order valence-electron chi connectivity index (χ4n) is 3.08. The molecule has 112 valence electrons. The van der Waals surface area contributed by atoms with E-state index in [1.807, 2.05) is 12.1 Å². The minimum absolute atomic E-state index is 0.130. The fraction of sp³-hybridized carbons (Fsp3) is 0.688. The second-order valence-corrected chi connectivity index (χ2v) is 5.48. The molecule has 1 N–H and O–H groups in total. The van der Waals surface area contributed by atoms with Gasteiger partial charge in [-0.25, -0.2) is 0 Å². The van der Waals surface area contributed by atoms with Crippen LogP contribution in [0.2, 0.25) is 0 Å². The number of carbonyl (C=O) groups is 1. The van der Waals surface area contributed by atoms with Crippen LogP contribution in [0.15, 0.2) is 22.8 Å². The highest BCUT2D eigenvalue weighted by molar-refractivity contribution is 5.78. The van der Waals surface area contributed by atoms with Crippen LogP contribution >= 0.6 is 0 Å². The lowest BCUT2D eigenvalue weighted by Gasteiger charge is -2.28. The third kappa shape index (κ3) is 3.63. The lowest BCUT2D eigenvalue weighted by molar-refractivity contribution is -0.125. The molecule has 1 atom stereocenters. The van der Waals surface area contributed by atoms with Crippen LogP contribution in [0.4, 0.5) is 0 Å². The summed E-state index contributed by atoms with van der Waals surface area (Å²) in [7, 11) is 0. The van der Waals surface area contributed by atoms with E-state index in [1.54, 1.807) is 6.26 Å². The van der Waals surface area contributed by atoms with Crippen LogP contribution in [0.1, 0.15) is 51.3 Å². The van der Waals surface area contributed by atoms with Crippen LogP contribution in [0.25, 0.3) is 0 Å². The maximum atomic E-state index is 12.2. The molecular weight excluding hydrogens is 252 g/mol. The van der Waals surface area contributed by atoms with Crippen LogP contribution in [0.3, 0.4) is 0 Å². The Morgan fingerprint density at radius 2 is 2.10 bits per heavy atom. The van der Waals surface area contributed by atoms with Crippen molar-refractivity contribution in [1.82, 2.24) is 10.2 Å². The van der Waals surface area contributed by atoms with E-state index in [-0.39, 0.29) is 17.9 Å². The second kappa shape index (κ2) is 7.48. The molecular formula is C16H26N2O2. The molecule has 4 nitrogen and oxygen atoms in total. The molecule has 1 unspecified atom stereocenters. The molecule has 2 rings (SSSR count). The van der Waals surface area contributed by atoms with E-state index >= 15 is 0 Å². The second-order valence-electron chi connectivity index (χ2n) is 5.48. The van der Waals surface area contributed by atoms with Gasteiger partial charge in [0.1, 0.15) is 5.76 Å². The summed E-state index contributed by atoms with van der Waals surface area (Å²) in [6.07, 6.45) is 6.17. The first-order valence-electron chi connectivity index (χ1n) is 7.81. The maximum absolute atomic E-state index is 12.2. The molecule has 1 amide bonds. The maximum Gasteiger partial charge on any atom is 0.223 e. The number of carbonyl (C=O) groups excluding carboxylic acids is 1. The zero-order valence-electron chi connectivity index (χ0n) is 12.6. The normalized spacial score (nSPS) is 17.6. The molecule has 0 aliphatic heterocycles. The fourth-order valence-corrected chi connectivity index (χ4v) is 3.08. The number of hydrogen-bond donors (Lipinski definition) is 1. The standard InChI is InChI=1S/C16H26N2O2/c1-3-18(4-2)14(15-10-7-11-20-15)12-17-16(19)13-8-5-6-9-13/h7,10-11,13-14H,3-6,8-9,12H2,1-2H3,(H,17,19). The van der Waals surface area contributed by atoms with E-state index in [0.717, 1.165) is 31.7 Å². The van der Waals surface area contributed by atoms with E-state index in [1.165, 1.54) is 12.8 Å². The highest BCUT2D eigenvalue weighted by Gasteiger charge is 2.25. The molecule has 1 fully saturated rings. The van der Waals surface area contributed by atoms with Gasteiger partial charge in [-0.3, -0.25) is 9.69 Å². The average Bonchev–Trinajstić information content (AvgIpc) is 3.15. The van der Waals surface area contributed by atoms with Crippen molar-refractivity contribution in [2.75, 3.05) is 19.6 Å². The molecule has 0 aromatic carbocycles. The Morgan fingerprint density at radius 3 is 2.65 bits per heavy atom. The van der Waals surface area contributed by atoms with Crippen LogP contribution < -0.4 is 5.32 Å². The molecule has 4 heteroatoms. The molecule has 0 radical (unpaired) electrons. The molecule has 0 bridgehead atoms. The van der Waals surface area contributed by atoms with Gasteiger partial charge >= 0.3 is 0 Å². The van der Waals surface area contributed by atoms with Gasteiger partial charge in [0.2, 0.25) is 5.91 Å². The summed E-state index contributed by atoms with van der Waals surface area (Å²) in [6.45, 7) is 6.79. The first-order valence-corrected chi connectivity index (χ1v) is 7.81. The number of nitrogens with one attached hydrogen (secondary N) is 1. The number of furan rings is 1. The zero-order chi connectivity index (χ0) is 14.4. The highest BCUT2D eigenvalue weighted by atomic mass is 16.3. The quantitative estimate of drug-likeness (QED) is 0.834. The van der Waals surface area contributed by atoms with Gasteiger partial charge in [-0.1, -0.05) is 26.7 Å². The summed E-state index contributed by atoms with van der Waals surface area (Å²) in [5.74, 6) is 1.37. The molecule has 1 heterocycles. The van der Waals surface area contributed by atoms with E-state index < -0.39 is 0 Å². The third-order valence-corrected chi connectivity index (χ3v) is 4.32. The Balaban J connectivity index is 1.95. The van der Waals surface area contributed by atoms with Gasteiger partial charge in [0.25, 0.3) is 0 Å². The number of rotatable bonds is 7. The SMILES string of the molecule is CCN(CC)C(CNC(=O)C1CCCC1)c1ccco1. The molecule has 1 aliphatic rings. The number of nitrogens with zero attached hydrogens (tertiary/aromatic N) is 1. The van der Waals surface area contributed by atoms with Crippen LogP contribution in [-0.2, 0) is 4.79 Å². The molecule has 20 heavy (non-hydrogen) atoms. The van der Waals surface area contributed by atoms with E-state index in [0.29, 0.717) is 6.54 Å². The lowest BCUT2D eigenvalue weighted by atomic mass is 10.1. The molecule has 1 aliphatic carbocycles. The number of likely N-dealkylation sites (N-methyl/N-ethyl adjacent to an activating group) is 1. The minimum atomic E-state index is 0.130. The Kier molecular flexibility index (Phi) is 5.65. The van der Waals surface area contributed by atoms with E-state index in [2.05, 4.69) is 24.1 Å². The van der Waals surface area contributed by atoms with Crippen LogP contribution in [0.5, 0.6) is 0 Å². The summed E-state index contributed by atoms with van der Waals surface area (Å²) in [5, 5.41) is 3.12. The van der Waals surface area contributed by atoms with Crippen molar-refractivity contribution >= 4 is 5.91 Å². The summed E-state index contributed by atoms with van der Waals surface area (Å²) in [5.41, 5.74) is 0. The summed E-state index contributed by atoms with van der Waals surface area (Å²) in [6, 6.07) is 4.03. The smallest absolute Gasteiger partial charge is 0.223 e. The Hall–Kier alpha value is -1.29. The summed E-state index contributed by atoms with van der Waals surface area (Å²) >= 11 is 0. The van der Waals surface area contributed by atoms with Crippen molar-refractivity contribution < 1.29 is 9.21 Å². The Labute approximate surface area is 121 Å². The molecule has 0 saturated heterocycles. The Bertz CT molecular complexity index is 393. The predicted octanol–water partition coefficient (Wildman–Crippen LogP) is 2.97. The molecule has 0 spiro atoms. The minimum Gasteiger partial charge on any atom is -0.468 e.